The normalized spacial score (nSPS) is 21.2. The van der Waals surface area contributed by atoms with Crippen molar-refractivity contribution in [2.75, 3.05) is 98.7 Å². The second-order valence-electron chi connectivity index (χ2n) is 18.4. The summed E-state index contributed by atoms with van der Waals surface area (Å²) < 4.78 is 13.0. The van der Waals surface area contributed by atoms with Crippen molar-refractivity contribution in [1.82, 2.24) is 10.6 Å². The summed E-state index contributed by atoms with van der Waals surface area (Å²) in [6.07, 6.45) is 11.8. The van der Waals surface area contributed by atoms with Crippen LogP contribution in [0.25, 0.3) is 0 Å². The molecule has 66 heavy (non-hydrogen) atoms. The smallest absolute Gasteiger partial charge is 0.251 e. The molecule has 2 saturated heterocycles. The molecule has 0 aliphatic carbocycles. The number of nitrogens with one attached hydrogen (secondary N) is 2. The molecule has 4 aromatic carbocycles. The summed E-state index contributed by atoms with van der Waals surface area (Å²) in [5.74, 6) is 1.28. The van der Waals surface area contributed by atoms with Crippen molar-refractivity contribution in [3.63, 3.8) is 0 Å². The second-order valence-corrected chi connectivity index (χ2v) is 21.1. The molecule has 0 bridgehead atoms. The SMILES string of the molecule is CN(C)c1ccc(N=C/C=C/C23OCCN2c2ccc(C(=O)NCCSSCCNC(=O)c4ccc5c(c4)C(C)(C)C4(/C=C/C=Nc6ccc(N(C)C)cc6)OCCN54)cc2C3(C)C)cc1. The fourth-order valence-corrected chi connectivity index (χ4v) is 11.4. The first kappa shape index (κ1) is 47.0. The molecule has 4 aliphatic rings. The van der Waals surface area contributed by atoms with Gasteiger partial charge in [0.15, 0.2) is 11.4 Å². The molecular weight excluding hydrogens is 865 g/mol. The van der Waals surface area contributed by atoms with Crippen molar-refractivity contribution < 1.29 is 19.1 Å². The lowest BCUT2D eigenvalue weighted by Gasteiger charge is -2.39. The van der Waals surface area contributed by atoms with Crippen LogP contribution in [0.15, 0.2) is 119 Å². The summed E-state index contributed by atoms with van der Waals surface area (Å²) in [6, 6.07) is 28.2. The van der Waals surface area contributed by atoms with E-state index in [2.05, 4.69) is 116 Å². The van der Waals surface area contributed by atoms with Crippen molar-refractivity contribution in [2.24, 2.45) is 9.98 Å². The Morgan fingerprint density at radius 1 is 0.621 bits per heavy atom. The molecule has 12 nitrogen and oxygen atoms in total. The number of carbonyl (C=O) groups is 2. The number of aliphatic imine (C=N–C) groups is 2. The average molecular weight is 927 g/mol. The van der Waals surface area contributed by atoms with Gasteiger partial charge in [0.05, 0.1) is 24.6 Å². The lowest BCUT2D eigenvalue weighted by Crippen LogP contribution is -2.51. The number of hydrogen-bond acceptors (Lipinski definition) is 12. The number of anilines is 4. The molecule has 2 amide bonds. The van der Waals surface area contributed by atoms with E-state index < -0.39 is 22.3 Å². The van der Waals surface area contributed by atoms with Crippen molar-refractivity contribution >= 4 is 80.0 Å². The van der Waals surface area contributed by atoms with Gasteiger partial charge in [-0.05, 0) is 120 Å². The van der Waals surface area contributed by atoms with Crippen molar-refractivity contribution in [3.05, 3.63) is 131 Å². The molecule has 0 radical (unpaired) electrons. The molecule has 0 aromatic heterocycles. The first-order chi connectivity index (χ1) is 31.7. The van der Waals surface area contributed by atoms with Crippen molar-refractivity contribution in [3.8, 4) is 0 Å². The van der Waals surface area contributed by atoms with Gasteiger partial charge < -0.3 is 39.7 Å². The van der Waals surface area contributed by atoms with E-state index in [1.165, 1.54) is 0 Å². The first-order valence-electron chi connectivity index (χ1n) is 22.6. The summed E-state index contributed by atoms with van der Waals surface area (Å²) in [5, 5.41) is 6.20. The van der Waals surface area contributed by atoms with Crippen LogP contribution in [0.3, 0.4) is 0 Å². The summed E-state index contributed by atoms with van der Waals surface area (Å²) in [5.41, 5.74) is 7.43. The van der Waals surface area contributed by atoms with E-state index in [-0.39, 0.29) is 11.8 Å². The Labute approximate surface area is 398 Å². The molecule has 0 spiro atoms. The molecule has 4 heterocycles. The Kier molecular flexibility index (Phi) is 13.8. The number of hydrogen-bond donors (Lipinski definition) is 2. The van der Waals surface area contributed by atoms with Crippen LogP contribution in [-0.2, 0) is 20.3 Å². The second kappa shape index (κ2) is 19.4. The Hall–Kier alpha value is -5.54. The number of benzene rings is 4. The zero-order valence-electron chi connectivity index (χ0n) is 39.3. The van der Waals surface area contributed by atoms with E-state index in [1.807, 2.05) is 101 Å². The summed E-state index contributed by atoms with van der Waals surface area (Å²) in [4.78, 5) is 44.8. The predicted octanol–water partition coefficient (Wildman–Crippen LogP) is 8.93. The van der Waals surface area contributed by atoms with Crippen LogP contribution in [0.1, 0.15) is 59.5 Å². The van der Waals surface area contributed by atoms with E-state index in [4.69, 9.17) is 9.47 Å². The summed E-state index contributed by atoms with van der Waals surface area (Å²) in [7, 11) is 11.4. The standard InChI is InChI=1S/C52H62N8O4S2/c1-49(2)43-35-37(11-21-45(43)59-29-31-63-51(49,59)23-9-25-53-39-13-17-41(18-14-39)57(5)6)47(61)55-27-33-65-66-34-28-56-48(62)38-12-22-46-44(36-38)50(3,4)52(60(46)30-32-64-52)24-10-26-54-40-15-19-42(20-16-40)58(7)8/h9-26,35-36H,27-34H2,1-8H3,(H,55,61)(H,56,62)/b23-9+,24-10+,53-25?,54-26?. The third kappa shape index (κ3) is 8.88. The molecule has 14 heteroatoms. The minimum atomic E-state index is -0.679. The maximum Gasteiger partial charge on any atom is 0.251 e. The van der Waals surface area contributed by atoms with Crippen molar-refractivity contribution in [1.29, 1.82) is 0 Å². The van der Waals surface area contributed by atoms with Gasteiger partial charge in [0, 0.05) is 123 Å². The topological polar surface area (TPSA) is 114 Å². The Bertz CT molecular complexity index is 2360. The van der Waals surface area contributed by atoms with Crippen LogP contribution < -0.4 is 30.2 Å². The Morgan fingerprint density at radius 2 is 1.02 bits per heavy atom. The minimum absolute atomic E-state index is 0.0984. The van der Waals surface area contributed by atoms with Gasteiger partial charge in [-0.1, -0.05) is 49.3 Å². The van der Waals surface area contributed by atoms with Gasteiger partial charge in [0.25, 0.3) is 11.8 Å². The van der Waals surface area contributed by atoms with Crippen LogP contribution in [0.4, 0.5) is 34.1 Å². The van der Waals surface area contributed by atoms with E-state index >= 15 is 0 Å². The molecule has 2 fully saturated rings. The van der Waals surface area contributed by atoms with E-state index in [1.54, 1.807) is 21.6 Å². The molecule has 2 unspecified atom stereocenters. The highest BCUT2D eigenvalue weighted by Gasteiger charge is 2.60. The van der Waals surface area contributed by atoms with Gasteiger partial charge >= 0.3 is 0 Å². The van der Waals surface area contributed by atoms with Gasteiger partial charge in [0.2, 0.25) is 0 Å². The number of nitrogens with zero attached hydrogens (tertiary/aromatic N) is 6. The van der Waals surface area contributed by atoms with Gasteiger partial charge in [-0.25, -0.2) is 0 Å². The molecular formula is C52H62N8O4S2. The van der Waals surface area contributed by atoms with Crippen LogP contribution >= 0.6 is 21.6 Å². The third-order valence-corrected chi connectivity index (χ3v) is 15.7. The quantitative estimate of drug-likeness (QED) is 0.0605. The first-order valence-corrected chi connectivity index (χ1v) is 25.1. The average Bonchev–Trinajstić information content (AvgIpc) is 4.03. The fourth-order valence-electron chi connectivity index (χ4n) is 9.63. The van der Waals surface area contributed by atoms with Crippen LogP contribution in [0.5, 0.6) is 0 Å². The molecule has 8 rings (SSSR count). The van der Waals surface area contributed by atoms with Crippen molar-refractivity contribution in [2.45, 2.75) is 50.0 Å². The highest BCUT2D eigenvalue weighted by atomic mass is 33.1. The van der Waals surface area contributed by atoms with Gasteiger partial charge in [-0.15, -0.1) is 0 Å². The Morgan fingerprint density at radius 3 is 1.39 bits per heavy atom. The number of amides is 2. The number of allylic oxidation sites excluding steroid dienone is 2. The zero-order chi connectivity index (χ0) is 46.7. The summed E-state index contributed by atoms with van der Waals surface area (Å²) >= 11 is 0. The maximum absolute atomic E-state index is 13.4. The Balaban J connectivity index is 0.785. The van der Waals surface area contributed by atoms with Gasteiger partial charge in [-0.3, -0.25) is 19.6 Å². The van der Waals surface area contributed by atoms with Crippen LogP contribution in [0, 0.1) is 0 Å². The molecule has 2 N–H and O–H groups in total. The molecule has 2 atom stereocenters. The molecule has 346 valence electrons. The molecule has 4 aromatic rings. The largest absolute Gasteiger partial charge is 0.378 e. The highest BCUT2D eigenvalue weighted by molar-refractivity contribution is 8.76. The number of carbonyl (C=O) groups excluding carboxylic acids is 2. The monoisotopic (exact) mass is 926 g/mol. The lowest BCUT2D eigenvalue weighted by molar-refractivity contribution is -0.000274. The molecule has 0 saturated carbocycles. The van der Waals surface area contributed by atoms with Gasteiger partial charge in [-0.2, -0.15) is 0 Å². The predicted molar refractivity (Wildman–Crippen MR) is 277 cm³/mol. The highest BCUT2D eigenvalue weighted by Crippen LogP contribution is 2.56. The zero-order valence-corrected chi connectivity index (χ0v) is 41.0. The summed E-state index contributed by atoms with van der Waals surface area (Å²) in [6.45, 7) is 12.5. The van der Waals surface area contributed by atoms with Gasteiger partial charge in [0.1, 0.15) is 0 Å². The number of ether oxygens (including phenoxy) is 2. The van der Waals surface area contributed by atoms with Crippen LogP contribution in [0.2, 0.25) is 0 Å². The number of fused-ring (bicyclic) bond motifs is 6. The number of rotatable bonds is 17. The van der Waals surface area contributed by atoms with E-state index in [9.17, 15) is 9.59 Å². The molecule has 4 aliphatic heterocycles. The minimum Gasteiger partial charge on any atom is -0.378 e. The fraction of sp³-hybridized carbons (Fsp3) is 0.385. The lowest BCUT2D eigenvalue weighted by atomic mass is 9.77. The van der Waals surface area contributed by atoms with Crippen LogP contribution in [-0.4, -0.2) is 115 Å². The van der Waals surface area contributed by atoms with E-state index in [0.29, 0.717) is 37.4 Å². The third-order valence-electron chi connectivity index (χ3n) is 13.3. The van der Waals surface area contributed by atoms with E-state index in [0.717, 1.165) is 69.8 Å². The maximum atomic E-state index is 13.4.